The van der Waals surface area contributed by atoms with Gasteiger partial charge in [-0.1, -0.05) is 151 Å². The van der Waals surface area contributed by atoms with Gasteiger partial charge in [0.1, 0.15) is 23.3 Å². The molecule has 0 bridgehead atoms. The van der Waals surface area contributed by atoms with Crippen LogP contribution in [0.1, 0.15) is 70.1 Å². The number of phenols is 1. The van der Waals surface area contributed by atoms with E-state index in [9.17, 15) is 9.90 Å². The van der Waals surface area contributed by atoms with E-state index in [4.69, 9.17) is 4.74 Å². The Balaban J connectivity index is 1.28. The fraction of sp³-hybridized carbons (Fsp3) is 0.214. The van der Waals surface area contributed by atoms with E-state index in [1.165, 1.54) is 18.2 Å². The molecule has 3 N–H and O–H groups in total. The van der Waals surface area contributed by atoms with E-state index >= 15 is 14.4 Å². The molecule has 2 saturated heterocycles. The van der Waals surface area contributed by atoms with Crippen molar-refractivity contribution in [2.24, 2.45) is 5.92 Å². The second kappa shape index (κ2) is 19.0. The Kier molecular flexibility index (Phi) is 12.6. The van der Waals surface area contributed by atoms with Crippen molar-refractivity contribution in [1.29, 1.82) is 0 Å². The number of amides is 4. The molecule has 2 fully saturated rings. The number of aromatic hydroxyl groups is 1. The van der Waals surface area contributed by atoms with Gasteiger partial charge in [-0.25, -0.2) is 9.69 Å². The molecule has 1 spiro atoms. The van der Waals surface area contributed by atoms with Crippen LogP contribution in [0, 0.1) is 17.8 Å². The number of carbonyl (C=O) groups is 4. The fourth-order valence-corrected chi connectivity index (χ4v) is 10.2. The Morgan fingerprint density at radius 2 is 1.45 bits per heavy atom. The number of hydrogen-bond donors (Lipinski definition) is 3. The minimum absolute atomic E-state index is 0.0173. The van der Waals surface area contributed by atoms with Gasteiger partial charge in [0.15, 0.2) is 0 Å². The predicted molar refractivity (Wildman–Crippen MR) is 256 cm³/mol. The lowest BCUT2D eigenvalue weighted by Gasteiger charge is -2.46. The summed E-state index contributed by atoms with van der Waals surface area (Å²) < 4.78 is 6.53. The number of anilines is 1. The number of carbonyl (C=O) groups excluding carboxylic acids is 4. The minimum atomic E-state index is -1.96. The predicted octanol–water partition coefficient (Wildman–Crippen LogP) is 8.31. The standard InChI is InChI=1S/C56H51N5O6/c1-4-33-57-52(63)47-49-53(64)67-50(42-25-15-8-16-26-42)48(41-23-13-7-14-24-41)61(49)51(43-28-30-44(62)31-29-43)56(47)45-35-38(20-17-34-59(3)36-39-18-9-5-10-19-39)27-32-46(45)60(54(56)65)55(66)58-37(2)40-21-11-6-12-22-40/h4-16,18-19,21-32,35,37,47-51,62H,1,33-34,36H2,2-3H3,(H,57,63)(H,58,66)/t37-,47+,48+,49+,50-,51-,56+/m1/s1. The van der Waals surface area contributed by atoms with Crippen LogP contribution in [0.3, 0.4) is 0 Å². The molecular weight excluding hydrogens is 839 g/mol. The molecule has 0 unspecified atom stereocenters. The summed E-state index contributed by atoms with van der Waals surface area (Å²) in [5, 5.41) is 16.7. The van der Waals surface area contributed by atoms with Gasteiger partial charge in [-0.3, -0.25) is 24.2 Å². The third kappa shape index (κ3) is 8.26. The van der Waals surface area contributed by atoms with E-state index in [2.05, 4.69) is 46.1 Å². The highest BCUT2D eigenvalue weighted by molar-refractivity contribution is 6.24. The number of phenolic OH excluding ortho intramolecular Hbond substituents is 1. The summed E-state index contributed by atoms with van der Waals surface area (Å²) in [7, 11) is 1.99. The molecule has 0 aromatic heterocycles. The van der Waals surface area contributed by atoms with Crippen molar-refractivity contribution < 1.29 is 29.0 Å². The maximum Gasteiger partial charge on any atom is 0.329 e. The first kappa shape index (κ1) is 44.4. The summed E-state index contributed by atoms with van der Waals surface area (Å²) in [5.41, 5.74) is 3.17. The smallest absolute Gasteiger partial charge is 0.329 e. The number of morpholine rings is 1. The van der Waals surface area contributed by atoms with Crippen LogP contribution >= 0.6 is 0 Å². The molecule has 0 saturated carbocycles. The van der Waals surface area contributed by atoms with Crippen molar-refractivity contribution in [2.45, 2.75) is 49.2 Å². The Morgan fingerprint density at radius 3 is 2.10 bits per heavy atom. The molecule has 11 nitrogen and oxygen atoms in total. The third-order valence-corrected chi connectivity index (χ3v) is 13.1. The van der Waals surface area contributed by atoms with Crippen molar-refractivity contribution in [3.8, 4) is 17.6 Å². The van der Waals surface area contributed by atoms with Crippen LogP contribution in [0.4, 0.5) is 10.5 Å². The van der Waals surface area contributed by atoms with Crippen molar-refractivity contribution in [3.05, 3.63) is 215 Å². The number of benzene rings is 6. The van der Waals surface area contributed by atoms with Crippen LogP contribution in [0.5, 0.6) is 5.75 Å². The first-order valence-corrected chi connectivity index (χ1v) is 22.4. The van der Waals surface area contributed by atoms with Crippen molar-refractivity contribution in [2.75, 3.05) is 25.0 Å². The van der Waals surface area contributed by atoms with Gasteiger partial charge in [-0.2, -0.15) is 0 Å². The van der Waals surface area contributed by atoms with Crippen LogP contribution in [-0.2, 0) is 31.1 Å². The lowest BCUT2D eigenvalue weighted by molar-refractivity contribution is -0.178. The maximum atomic E-state index is 16.4. The minimum Gasteiger partial charge on any atom is -0.508 e. The molecule has 0 radical (unpaired) electrons. The molecule has 3 heterocycles. The highest BCUT2D eigenvalue weighted by atomic mass is 16.6. The Morgan fingerprint density at radius 1 is 0.821 bits per heavy atom. The van der Waals surface area contributed by atoms with Gasteiger partial charge >= 0.3 is 12.0 Å². The first-order valence-electron chi connectivity index (χ1n) is 22.4. The number of ether oxygens (including phenoxy) is 1. The largest absolute Gasteiger partial charge is 0.508 e. The number of cyclic esters (lactones) is 1. The van der Waals surface area contributed by atoms with Crippen LogP contribution in [0.2, 0.25) is 0 Å². The molecule has 6 aromatic rings. The van der Waals surface area contributed by atoms with Gasteiger partial charge in [-0.05, 0) is 77.7 Å². The highest BCUT2D eigenvalue weighted by Gasteiger charge is 2.75. The third-order valence-electron chi connectivity index (χ3n) is 13.1. The van der Waals surface area contributed by atoms with E-state index < -0.39 is 65.4 Å². The summed E-state index contributed by atoms with van der Waals surface area (Å²) in [6.45, 7) is 6.81. The average Bonchev–Trinajstić information content (AvgIpc) is 3.81. The Bertz CT molecular complexity index is 2850. The van der Waals surface area contributed by atoms with Crippen LogP contribution in [0.15, 0.2) is 176 Å². The highest BCUT2D eigenvalue weighted by Crippen LogP contribution is 2.66. The topological polar surface area (TPSA) is 132 Å². The summed E-state index contributed by atoms with van der Waals surface area (Å²) in [5.74, 6) is 3.13. The summed E-state index contributed by atoms with van der Waals surface area (Å²) in [6, 6.07) is 45.8. The van der Waals surface area contributed by atoms with E-state index in [0.717, 1.165) is 21.6 Å². The number of rotatable bonds is 11. The van der Waals surface area contributed by atoms with Crippen LogP contribution in [-0.4, -0.2) is 64.9 Å². The van der Waals surface area contributed by atoms with Crippen LogP contribution in [0.25, 0.3) is 0 Å². The number of urea groups is 1. The quantitative estimate of drug-likeness (QED) is 0.0673. The van der Waals surface area contributed by atoms with Gasteiger partial charge in [-0.15, -0.1) is 6.58 Å². The summed E-state index contributed by atoms with van der Waals surface area (Å²) >= 11 is 0. The van der Waals surface area contributed by atoms with Gasteiger partial charge in [0.05, 0.1) is 36.3 Å². The number of nitrogens with zero attached hydrogens (tertiary/aromatic N) is 3. The van der Waals surface area contributed by atoms with E-state index in [1.807, 2.05) is 128 Å². The molecule has 3 aliphatic rings. The van der Waals surface area contributed by atoms with E-state index in [-0.39, 0.29) is 18.0 Å². The zero-order valence-electron chi connectivity index (χ0n) is 37.3. The number of nitrogens with one attached hydrogen (secondary N) is 2. The SMILES string of the molecule is C=CCNC(=O)[C@@H]1[C@H]2C(=O)O[C@H](c3ccccc3)[C@H](c3ccccc3)N2[C@H](c2ccc(O)cc2)[C@@]12C(=O)N(C(=O)N[C@H](C)c1ccccc1)c1ccc(C#CCN(C)Cc3ccccc3)cc12. The molecule has 67 heavy (non-hydrogen) atoms. The molecule has 4 amide bonds. The van der Waals surface area contributed by atoms with Gasteiger partial charge < -0.3 is 20.5 Å². The number of esters is 1. The van der Waals surface area contributed by atoms with E-state index in [0.29, 0.717) is 35.3 Å². The molecule has 0 aliphatic carbocycles. The second-order valence-corrected chi connectivity index (χ2v) is 17.3. The fourth-order valence-electron chi connectivity index (χ4n) is 10.2. The van der Waals surface area contributed by atoms with Gasteiger partial charge in [0, 0.05) is 18.7 Å². The zero-order valence-corrected chi connectivity index (χ0v) is 37.3. The molecule has 11 heteroatoms. The molecule has 3 aliphatic heterocycles. The van der Waals surface area contributed by atoms with Crippen molar-refractivity contribution in [3.63, 3.8) is 0 Å². The lowest BCUT2D eigenvalue weighted by Crippen LogP contribution is -2.56. The second-order valence-electron chi connectivity index (χ2n) is 17.3. The van der Waals surface area contributed by atoms with Gasteiger partial charge in [0.25, 0.3) is 0 Å². The van der Waals surface area contributed by atoms with Crippen LogP contribution < -0.4 is 15.5 Å². The normalized spacial score (nSPS) is 22.3. The molecule has 9 rings (SSSR count). The number of fused-ring (bicyclic) bond motifs is 3. The Labute approximate surface area is 390 Å². The number of hydrogen-bond acceptors (Lipinski definition) is 8. The molecule has 7 atom stereocenters. The lowest BCUT2D eigenvalue weighted by atomic mass is 9.65. The van der Waals surface area contributed by atoms with E-state index in [1.54, 1.807) is 30.3 Å². The molecular formula is C56H51N5O6. The van der Waals surface area contributed by atoms with Crippen molar-refractivity contribution >= 4 is 29.5 Å². The molecule has 6 aromatic carbocycles. The first-order chi connectivity index (χ1) is 32.6. The maximum absolute atomic E-state index is 16.4. The van der Waals surface area contributed by atoms with Crippen molar-refractivity contribution in [1.82, 2.24) is 20.4 Å². The summed E-state index contributed by atoms with van der Waals surface area (Å²) in [4.78, 5) is 67.1. The average molecular weight is 890 g/mol. The molecule has 336 valence electrons. The Hall–Kier alpha value is -7.78. The zero-order chi connectivity index (χ0) is 46.7. The summed E-state index contributed by atoms with van der Waals surface area (Å²) in [6.07, 6.45) is 0.648. The monoisotopic (exact) mass is 889 g/mol. The number of imide groups is 1. The van der Waals surface area contributed by atoms with Gasteiger partial charge in [0.2, 0.25) is 11.8 Å².